The van der Waals surface area contributed by atoms with Gasteiger partial charge < -0.3 is 9.64 Å². The summed E-state index contributed by atoms with van der Waals surface area (Å²) in [5, 5.41) is 7.85. The van der Waals surface area contributed by atoms with Crippen LogP contribution in [0.1, 0.15) is 12.8 Å². The molecule has 1 aromatic heterocycles. The molecule has 2 aromatic rings. The third-order valence-electron chi connectivity index (χ3n) is 3.02. The molecule has 1 aliphatic rings. The van der Waals surface area contributed by atoms with Crippen LogP contribution < -0.4 is 9.64 Å². The Hall–Kier alpha value is -1.78. The third-order valence-corrected chi connectivity index (χ3v) is 3.02. The lowest BCUT2D eigenvalue weighted by Gasteiger charge is -2.17. The number of fused-ring (bicyclic) bond motifs is 1. The quantitative estimate of drug-likeness (QED) is 0.771. The summed E-state index contributed by atoms with van der Waals surface area (Å²) in [4.78, 5) is 2.31. The molecule has 0 atom stereocenters. The topological polar surface area (TPSA) is 51.4 Å². The van der Waals surface area contributed by atoms with Gasteiger partial charge in [0.15, 0.2) is 16.8 Å². The molecule has 1 aliphatic heterocycles. The Labute approximate surface area is 92.9 Å². The number of rotatable bonds is 2. The zero-order valence-corrected chi connectivity index (χ0v) is 9.14. The molecule has 2 heterocycles. The fourth-order valence-electron chi connectivity index (χ4n) is 2.21. The highest BCUT2D eigenvalue weighted by atomic mass is 16.6. The van der Waals surface area contributed by atoms with Gasteiger partial charge in [0.2, 0.25) is 0 Å². The van der Waals surface area contributed by atoms with Gasteiger partial charge in [-0.05, 0) is 35.3 Å². The van der Waals surface area contributed by atoms with E-state index in [0.717, 1.165) is 24.3 Å². The van der Waals surface area contributed by atoms with E-state index in [4.69, 9.17) is 9.37 Å². The average molecular weight is 219 g/mol. The molecule has 16 heavy (non-hydrogen) atoms. The second-order valence-corrected chi connectivity index (χ2v) is 3.94. The standard InChI is InChI=1S/C11H13N3O2/c1-15-9-5-4-8(14-6-2-3-7-14)10-11(9)13-16-12-10/h4-5H,2-3,6-7H2,1H3. The average Bonchev–Trinajstić information content (AvgIpc) is 2.98. The molecule has 0 amide bonds. The zero-order chi connectivity index (χ0) is 11.0. The largest absolute Gasteiger partial charge is 0.494 e. The maximum Gasteiger partial charge on any atom is 0.179 e. The molecule has 0 spiro atoms. The molecular formula is C11H13N3O2. The fraction of sp³-hybridized carbons (Fsp3) is 0.455. The van der Waals surface area contributed by atoms with Gasteiger partial charge in [-0.1, -0.05) is 0 Å². The number of hydrogen-bond donors (Lipinski definition) is 0. The van der Waals surface area contributed by atoms with Crippen LogP contribution >= 0.6 is 0 Å². The second-order valence-electron chi connectivity index (χ2n) is 3.94. The summed E-state index contributed by atoms with van der Waals surface area (Å²) in [5.74, 6) is 0.708. The van der Waals surface area contributed by atoms with Crippen molar-refractivity contribution in [2.75, 3.05) is 25.1 Å². The Morgan fingerprint density at radius 2 is 1.94 bits per heavy atom. The van der Waals surface area contributed by atoms with Crippen LogP contribution in [0.3, 0.4) is 0 Å². The molecular weight excluding hydrogens is 206 g/mol. The van der Waals surface area contributed by atoms with Crippen molar-refractivity contribution in [1.29, 1.82) is 0 Å². The van der Waals surface area contributed by atoms with E-state index in [2.05, 4.69) is 15.2 Å². The molecule has 1 fully saturated rings. The van der Waals surface area contributed by atoms with Crippen LogP contribution in [-0.2, 0) is 0 Å². The molecule has 1 saturated heterocycles. The van der Waals surface area contributed by atoms with E-state index in [1.165, 1.54) is 12.8 Å². The van der Waals surface area contributed by atoms with Gasteiger partial charge in [0.05, 0.1) is 12.8 Å². The van der Waals surface area contributed by atoms with Crippen LogP contribution in [0.4, 0.5) is 5.69 Å². The van der Waals surface area contributed by atoms with Crippen LogP contribution in [0, 0.1) is 0 Å². The number of nitrogens with zero attached hydrogens (tertiary/aromatic N) is 3. The van der Waals surface area contributed by atoms with Crippen LogP contribution in [0.5, 0.6) is 5.75 Å². The molecule has 3 rings (SSSR count). The van der Waals surface area contributed by atoms with Crippen LogP contribution in [-0.4, -0.2) is 30.5 Å². The highest BCUT2D eigenvalue weighted by Gasteiger charge is 2.19. The SMILES string of the molecule is COc1ccc(N2CCCC2)c2nonc12. The Balaban J connectivity index is 2.14. The first kappa shape index (κ1) is 9.45. The summed E-state index contributed by atoms with van der Waals surface area (Å²) in [5.41, 5.74) is 2.59. The number of anilines is 1. The van der Waals surface area contributed by atoms with E-state index in [0.29, 0.717) is 11.3 Å². The van der Waals surface area contributed by atoms with Crippen LogP contribution in [0.25, 0.3) is 11.0 Å². The molecule has 0 N–H and O–H groups in total. The minimum Gasteiger partial charge on any atom is -0.494 e. The summed E-state index contributed by atoms with van der Waals surface area (Å²) in [6.45, 7) is 2.16. The first-order valence-electron chi connectivity index (χ1n) is 5.44. The summed E-state index contributed by atoms with van der Waals surface area (Å²) in [6, 6.07) is 3.94. The van der Waals surface area contributed by atoms with E-state index < -0.39 is 0 Å². The number of aromatic nitrogens is 2. The molecule has 0 bridgehead atoms. The lowest BCUT2D eigenvalue weighted by molar-refractivity contribution is 0.314. The van der Waals surface area contributed by atoms with Crippen LogP contribution in [0.2, 0.25) is 0 Å². The maximum absolute atomic E-state index is 5.22. The number of hydrogen-bond acceptors (Lipinski definition) is 5. The van der Waals surface area contributed by atoms with Gasteiger partial charge in [-0.15, -0.1) is 0 Å². The van der Waals surface area contributed by atoms with Gasteiger partial charge in [-0.2, -0.15) is 0 Å². The van der Waals surface area contributed by atoms with Crippen molar-refractivity contribution in [1.82, 2.24) is 10.3 Å². The predicted molar refractivity (Wildman–Crippen MR) is 59.8 cm³/mol. The smallest absolute Gasteiger partial charge is 0.179 e. The molecule has 0 aliphatic carbocycles. The summed E-state index contributed by atoms with van der Waals surface area (Å²) < 4.78 is 10.0. The van der Waals surface area contributed by atoms with E-state index in [9.17, 15) is 0 Å². The van der Waals surface area contributed by atoms with E-state index >= 15 is 0 Å². The highest BCUT2D eigenvalue weighted by Crippen LogP contribution is 2.32. The van der Waals surface area contributed by atoms with Gasteiger partial charge in [0, 0.05) is 13.1 Å². The molecule has 0 radical (unpaired) electrons. The van der Waals surface area contributed by atoms with Crippen molar-refractivity contribution in [3.63, 3.8) is 0 Å². The van der Waals surface area contributed by atoms with Crippen molar-refractivity contribution in [2.45, 2.75) is 12.8 Å². The molecule has 5 nitrogen and oxygen atoms in total. The Bertz CT molecular complexity index is 503. The zero-order valence-electron chi connectivity index (χ0n) is 9.14. The number of ether oxygens (including phenoxy) is 1. The minimum absolute atomic E-state index is 0.701. The van der Waals surface area contributed by atoms with E-state index in [-0.39, 0.29) is 0 Å². The van der Waals surface area contributed by atoms with Crippen molar-refractivity contribution in [3.8, 4) is 5.75 Å². The van der Waals surface area contributed by atoms with Crippen molar-refractivity contribution in [2.24, 2.45) is 0 Å². The first-order chi connectivity index (χ1) is 7.90. The third kappa shape index (κ3) is 1.31. The molecule has 84 valence electrons. The molecule has 0 unspecified atom stereocenters. The lowest BCUT2D eigenvalue weighted by atomic mass is 10.2. The summed E-state index contributed by atoms with van der Waals surface area (Å²) in [7, 11) is 1.62. The fourth-order valence-corrected chi connectivity index (χ4v) is 2.21. The Kier molecular flexibility index (Phi) is 2.16. The van der Waals surface area contributed by atoms with Gasteiger partial charge in [-0.3, -0.25) is 0 Å². The Morgan fingerprint density at radius 1 is 1.19 bits per heavy atom. The van der Waals surface area contributed by atoms with Gasteiger partial charge in [0.25, 0.3) is 0 Å². The van der Waals surface area contributed by atoms with E-state index in [1.807, 2.05) is 12.1 Å². The molecule has 0 saturated carbocycles. The van der Waals surface area contributed by atoms with Gasteiger partial charge in [-0.25, -0.2) is 4.63 Å². The maximum atomic E-state index is 5.22. The van der Waals surface area contributed by atoms with Crippen molar-refractivity contribution in [3.05, 3.63) is 12.1 Å². The number of methoxy groups -OCH3 is 1. The van der Waals surface area contributed by atoms with Crippen molar-refractivity contribution < 1.29 is 9.37 Å². The minimum atomic E-state index is 0.701. The number of benzene rings is 1. The van der Waals surface area contributed by atoms with E-state index in [1.54, 1.807) is 7.11 Å². The summed E-state index contributed by atoms with van der Waals surface area (Å²) in [6.07, 6.45) is 2.47. The van der Waals surface area contributed by atoms with Gasteiger partial charge in [0.1, 0.15) is 0 Å². The lowest BCUT2D eigenvalue weighted by Crippen LogP contribution is -2.17. The Morgan fingerprint density at radius 3 is 2.69 bits per heavy atom. The summed E-state index contributed by atoms with van der Waals surface area (Å²) >= 11 is 0. The molecule has 1 aromatic carbocycles. The molecule has 5 heteroatoms. The first-order valence-corrected chi connectivity index (χ1v) is 5.44. The second kappa shape index (κ2) is 3.66. The monoisotopic (exact) mass is 219 g/mol. The predicted octanol–water partition coefficient (Wildman–Crippen LogP) is 1.83. The van der Waals surface area contributed by atoms with Gasteiger partial charge >= 0.3 is 0 Å². The highest BCUT2D eigenvalue weighted by molar-refractivity contribution is 5.92. The van der Waals surface area contributed by atoms with Crippen LogP contribution in [0.15, 0.2) is 16.8 Å². The normalized spacial score (nSPS) is 15.9. The van der Waals surface area contributed by atoms with Crippen molar-refractivity contribution >= 4 is 16.7 Å².